The van der Waals surface area contributed by atoms with Crippen molar-refractivity contribution >= 4 is 28.8 Å². The zero-order valence-electron chi connectivity index (χ0n) is 6.00. The van der Waals surface area contributed by atoms with Crippen molar-refractivity contribution in [3.8, 4) is 0 Å². The lowest BCUT2D eigenvalue weighted by molar-refractivity contribution is 0.419. The highest BCUT2D eigenvalue weighted by Gasteiger charge is 2.01. The molecule has 1 rings (SSSR count). The Labute approximate surface area is 75.1 Å². The molecule has 56 valence electrons. The molecule has 1 atom stereocenters. The SMILES string of the molecule is CC1C=CN(CCI)N=C1. The molecule has 0 amide bonds. The van der Waals surface area contributed by atoms with E-state index < -0.39 is 0 Å². The Morgan fingerprint density at radius 1 is 1.70 bits per heavy atom. The van der Waals surface area contributed by atoms with Crippen LogP contribution in [0.3, 0.4) is 0 Å². The Morgan fingerprint density at radius 3 is 3.00 bits per heavy atom. The average molecular weight is 250 g/mol. The summed E-state index contributed by atoms with van der Waals surface area (Å²) in [5.74, 6) is 0.505. The van der Waals surface area contributed by atoms with Crippen molar-refractivity contribution in [3.05, 3.63) is 12.3 Å². The van der Waals surface area contributed by atoms with Crippen LogP contribution in [0.1, 0.15) is 6.92 Å². The number of halogens is 1. The maximum atomic E-state index is 4.22. The number of hydrazone groups is 1. The van der Waals surface area contributed by atoms with Gasteiger partial charge in [0.05, 0.1) is 0 Å². The Kier molecular flexibility index (Phi) is 3.18. The van der Waals surface area contributed by atoms with E-state index in [0.717, 1.165) is 11.0 Å². The summed E-state index contributed by atoms with van der Waals surface area (Å²) in [6.45, 7) is 3.14. The van der Waals surface area contributed by atoms with Gasteiger partial charge in [0.2, 0.25) is 0 Å². The number of hydrogen-bond acceptors (Lipinski definition) is 2. The van der Waals surface area contributed by atoms with E-state index in [2.05, 4.69) is 40.7 Å². The molecule has 0 aliphatic carbocycles. The molecule has 0 aromatic carbocycles. The molecule has 3 heteroatoms. The van der Waals surface area contributed by atoms with Gasteiger partial charge in [-0.1, -0.05) is 35.6 Å². The zero-order valence-corrected chi connectivity index (χ0v) is 8.15. The van der Waals surface area contributed by atoms with Gasteiger partial charge in [-0.05, 0) is 0 Å². The summed E-state index contributed by atoms with van der Waals surface area (Å²) in [5, 5.41) is 6.18. The van der Waals surface area contributed by atoms with Gasteiger partial charge in [0.15, 0.2) is 0 Å². The van der Waals surface area contributed by atoms with Crippen molar-refractivity contribution in [2.45, 2.75) is 6.92 Å². The second-order valence-corrected chi connectivity index (χ2v) is 3.40. The van der Waals surface area contributed by atoms with Gasteiger partial charge in [-0.3, -0.25) is 5.01 Å². The lowest BCUT2D eigenvalue weighted by Crippen LogP contribution is -2.17. The molecule has 1 aliphatic rings. The molecule has 0 bridgehead atoms. The highest BCUT2D eigenvalue weighted by Crippen LogP contribution is 2.04. The third kappa shape index (κ3) is 2.28. The van der Waals surface area contributed by atoms with E-state index >= 15 is 0 Å². The van der Waals surface area contributed by atoms with Crippen LogP contribution in [0, 0.1) is 5.92 Å². The average Bonchev–Trinajstić information content (AvgIpc) is 1.95. The molecule has 1 unspecified atom stereocenters. The fraction of sp³-hybridized carbons (Fsp3) is 0.571. The molecule has 0 aromatic rings. The minimum absolute atomic E-state index is 0.505. The summed E-state index contributed by atoms with van der Waals surface area (Å²) in [7, 11) is 0. The molecule has 0 spiro atoms. The number of allylic oxidation sites excluding steroid dienone is 1. The van der Waals surface area contributed by atoms with Gasteiger partial charge >= 0.3 is 0 Å². The first-order valence-electron chi connectivity index (χ1n) is 3.38. The molecule has 0 saturated carbocycles. The van der Waals surface area contributed by atoms with Crippen LogP contribution in [0.25, 0.3) is 0 Å². The lowest BCUT2D eigenvalue weighted by atomic mass is 10.2. The maximum Gasteiger partial charge on any atom is 0.0498 e. The van der Waals surface area contributed by atoms with E-state index in [4.69, 9.17) is 0 Å². The topological polar surface area (TPSA) is 15.6 Å². The molecule has 0 aromatic heterocycles. The quantitative estimate of drug-likeness (QED) is 0.539. The van der Waals surface area contributed by atoms with Gasteiger partial charge < -0.3 is 0 Å². The van der Waals surface area contributed by atoms with Gasteiger partial charge in [-0.25, -0.2) is 0 Å². The summed E-state index contributed by atoms with van der Waals surface area (Å²) in [5.41, 5.74) is 0. The first-order valence-corrected chi connectivity index (χ1v) is 4.90. The van der Waals surface area contributed by atoms with Crippen LogP contribution in [0.15, 0.2) is 17.4 Å². The molecule has 10 heavy (non-hydrogen) atoms. The Hall–Kier alpha value is -0.0600. The number of rotatable bonds is 2. The van der Waals surface area contributed by atoms with Crippen LogP contribution in [0.5, 0.6) is 0 Å². The molecule has 0 fully saturated rings. The van der Waals surface area contributed by atoms with E-state index in [1.165, 1.54) is 0 Å². The smallest absolute Gasteiger partial charge is 0.0498 e. The van der Waals surface area contributed by atoms with Crippen molar-refractivity contribution in [1.29, 1.82) is 0 Å². The van der Waals surface area contributed by atoms with Crippen molar-refractivity contribution in [3.63, 3.8) is 0 Å². The minimum atomic E-state index is 0.505. The van der Waals surface area contributed by atoms with Gasteiger partial charge in [-0.2, -0.15) is 5.10 Å². The molecule has 1 aliphatic heterocycles. The highest BCUT2D eigenvalue weighted by molar-refractivity contribution is 14.1. The molecule has 0 saturated heterocycles. The highest BCUT2D eigenvalue weighted by atomic mass is 127. The van der Waals surface area contributed by atoms with E-state index in [0.29, 0.717) is 5.92 Å². The van der Waals surface area contributed by atoms with Gasteiger partial charge in [-0.15, -0.1) is 0 Å². The van der Waals surface area contributed by atoms with E-state index in [-0.39, 0.29) is 0 Å². The first-order chi connectivity index (χ1) is 4.83. The fourth-order valence-corrected chi connectivity index (χ4v) is 1.23. The Morgan fingerprint density at radius 2 is 2.50 bits per heavy atom. The van der Waals surface area contributed by atoms with E-state index in [9.17, 15) is 0 Å². The first kappa shape index (κ1) is 8.04. The zero-order chi connectivity index (χ0) is 7.40. The summed E-state index contributed by atoms with van der Waals surface area (Å²) in [4.78, 5) is 0. The van der Waals surface area contributed by atoms with Crippen molar-refractivity contribution in [1.82, 2.24) is 5.01 Å². The van der Waals surface area contributed by atoms with E-state index in [1.54, 1.807) is 0 Å². The van der Waals surface area contributed by atoms with Gasteiger partial charge in [0, 0.05) is 29.3 Å². The monoisotopic (exact) mass is 250 g/mol. The molecular weight excluding hydrogens is 239 g/mol. The lowest BCUT2D eigenvalue weighted by Gasteiger charge is -2.16. The van der Waals surface area contributed by atoms with Crippen LogP contribution in [-0.4, -0.2) is 22.2 Å². The molecule has 0 N–H and O–H groups in total. The van der Waals surface area contributed by atoms with E-state index in [1.807, 2.05) is 17.4 Å². The van der Waals surface area contributed by atoms with Crippen LogP contribution in [0.4, 0.5) is 0 Å². The van der Waals surface area contributed by atoms with Crippen molar-refractivity contribution in [2.75, 3.05) is 11.0 Å². The van der Waals surface area contributed by atoms with Gasteiger partial charge in [0.25, 0.3) is 0 Å². The number of nitrogens with zero attached hydrogens (tertiary/aromatic N) is 2. The molecular formula is C7H11IN2. The maximum absolute atomic E-state index is 4.22. The predicted octanol–water partition coefficient (Wildman–Crippen LogP) is 1.87. The minimum Gasteiger partial charge on any atom is -0.273 e. The normalized spacial score (nSPS) is 23.8. The predicted molar refractivity (Wildman–Crippen MR) is 52.4 cm³/mol. The Bertz CT molecular complexity index is 140. The fourth-order valence-electron chi connectivity index (χ4n) is 0.733. The van der Waals surface area contributed by atoms with Crippen LogP contribution >= 0.6 is 22.6 Å². The second-order valence-electron chi connectivity index (χ2n) is 2.32. The van der Waals surface area contributed by atoms with Crippen LogP contribution in [-0.2, 0) is 0 Å². The summed E-state index contributed by atoms with van der Waals surface area (Å²) >= 11 is 2.35. The standard InChI is InChI=1S/C7H11IN2/c1-7-2-4-10(5-3-8)9-6-7/h2,4,6-7H,3,5H2,1H3. The number of hydrogen-bond donors (Lipinski definition) is 0. The van der Waals surface area contributed by atoms with Crippen molar-refractivity contribution < 1.29 is 0 Å². The van der Waals surface area contributed by atoms with Crippen LogP contribution < -0.4 is 0 Å². The summed E-state index contributed by atoms with van der Waals surface area (Å²) in [6, 6.07) is 0. The van der Waals surface area contributed by atoms with Gasteiger partial charge in [0.1, 0.15) is 0 Å². The number of alkyl halides is 1. The largest absolute Gasteiger partial charge is 0.273 e. The van der Waals surface area contributed by atoms with Crippen LogP contribution in [0.2, 0.25) is 0 Å². The molecule has 0 radical (unpaired) electrons. The third-order valence-electron chi connectivity index (χ3n) is 1.33. The third-order valence-corrected chi connectivity index (χ3v) is 1.81. The summed E-state index contributed by atoms with van der Waals surface area (Å²) in [6.07, 6.45) is 6.16. The van der Waals surface area contributed by atoms with Crippen molar-refractivity contribution in [2.24, 2.45) is 11.0 Å². The second kappa shape index (κ2) is 3.95. The molecule has 1 heterocycles. The Balaban J connectivity index is 2.38. The summed E-state index contributed by atoms with van der Waals surface area (Å²) < 4.78 is 1.12. The molecule has 2 nitrogen and oxygen atoms in total.